The van der Waals surface area contributed by atoms with Crippen LogP contribution in [-0.2, 0) is 11.4 Å². The minimum atomic E-state index is -0.690. The molecule has 7 heteroatoms. The number of hydrogen-bond acceptors (Lipinski definition) is 5. The molecule has 5 nitrogen and oxygen atoms in total. The molecule has 1 aromatic heterocycles. The van der Waals surface area contributed by atoms with Gasteiger partial charge in [0.05, 0.1) is 6.21 Å². The minimum absolute atomic E-state index is 0.0807. The predicted molar refractivity (Wildman–Crippen MR) is 80.2 cm³/mol. The molecule has 1 heterocycles. The molecule has 21 heavy (non-hydrogen) atoms. The molecule has 0 aliphatic heterocycles. The Morgan fingerprint density at radius 1 is 1.38 bits per heavy atom. The van der Waals surface area contributed by atoms with Gasteiger partial charge in [-0.15, -0.1) is 0 Å². The van der Waals surface area contributed by atoms with Gasteiger partial charge in [0.1, 0.15) is 23.7 Å². The highest BCUT2D eigenvalue weighted by Gasteiger charge is 2.07. The van der Waals surface area contributed by atoms with Gasteiger partial charge < -0.3 is 14.4 Å². The van der Waals surface area contributed by atoms with Gasteiger partial charge in [0, 0.05) is 21.7 Å². The second-order valence-electron chi connectivity index (χ2n) is 4.19. The van der Waals surface area contributed by atoms with Crippen molar-refractivity contribution in [1.29, 1.82) is 0 Å². The van der Waals surface area contributed by atoms with Crippen LogP contribution in [0.1, 0.15) is 16.9 Å². The number of halogens is 2. The number of aromatic hydroxyl groups is 1. The van der Waals surface area contributed by atoms with E-state index in [4.69, 9.17) is 32.5 Å². The van der Waals surface area contributed by atoms with Gasteiger partial charge in [-0.2, -0.15) is 0 Å². The van der Waals surface area contributed by atoms with Crippen molar-refractivity contribution in [3.63, 3.8) is 0 Å². The Kier molecular flexibility index (Phi) is 4.88. The Bertz CT molecular complexity index is 740. The van der Waals surface area contributed by atoms with Crippen molar-refractivity contribution in [3.05, 3.63) is 61.6 Å². The van der Waals surface area contributed by atoms with E-state index in [1.807, 2.05) is 0 Å². The number of hydrogen-bond donors (Lipinski definition) is 1. The molecule has 1 N–H and O–H groups in total. The van der Waals surface area contributed by atoms with E-state index in [0.717, 1.165) is 6.21 Å². The lowest BCUT2D eigenvalue weighted by molar-refractivity contribution is 0.132. The minimum Gasteiger partial charge on any atom is -0.507 e. The fourth-order valence-electron chi connectivity index (χ4n) is 1.56. The van der Waals surface area contributed by atoms with Gasteiger partial charge in [-0.1, -0.05) is 34.4 Å². The third kappa shape index (κ3) is 4.00. The van der Waals surface area contributed by atoms with E-state index < -0.39 is 5.63 Å². The second-order valence-corrected chi connectivity index (χ2v) is 5.03. The summed E-state index contributed by atoms with van der Waals surface area (Å²) >= 11 is 11.8. The molecule has 0 radical (unpaired) electrons. The molecule has 2 aromatic rings. The van der Waals surface area contributed by atoms with Crippen LogP contribution in [0.2, 0.25) is 10.0 Å². The summed E-state index contributed by atoms with van der Waals surface area (Å²) in [5, 5.41) is 14.2. The lowest BCUT2D eigenvalue weighted by Crippen LogP contribution is -2.07. The summed E-state index contributed by atoms with van der Waals surface area (Å²) in [7, 11) is 0. The van der Waals surface area contributed by atoms with Crippen molar-refractivity contribution in [2.24, 2.45) is 5.16 Å². The third-order valence-corrected chi connectivity index (χ3v) is 3.17. The van der Waals surface area contributed by atoms with Gasteiger partial charge in [-0.3, -0.25) is 0 Å². The Morgan fingerprint density at radius 2 is 2.14 bits per heavy atom. The smallest absolute Gasteiger partial charge is 0.348 e. The highest BCUT2D eigenvalue weighted by Crippen LogP contribution is 2.21. The maximum atomic E-state index is 11.5. The Hall–Kier alpha value is -1.98. The zero-order valence-electron chi connectivity index (χ0n) is 11.0. The summed E-state index contributed by atoms with van der Waals surface area (Å²) in [6, 6.07) is 6.29. The first-order chi connectivity index (χ1) is 9.97. The van der Waals surface area contributed by atoms with Crippen molar-refractivity contribution in [2.45, 2.75) is 13.5 Å². The Balaban J connectivity index is 2.05. The van der Waals surface area contributed by atoms with Crippen LogP contribution in [-0.4, -0.2) is 11.3 Å². The van der Waals surface area contributed by atoms with Crippen LogP contribution in [0, 0.1) is 6.92 Å². The van der Waals surface area contributed by atoms with Crippen LogP contribution < -0.4 is 5.63 Å². The number of aryl methyl sites for hydroxylation is 1. The molecule has 0 bridgehead atoms. The lowest BCUT2D eigenvalue weighted by atomic mass is 10.2. The fourth-order valence-corrected chi connectivity index (χ4v) is 2.02. The van der Waals surface area contributed by atoms with Crippen molar-refractivity contribution in [3.8, 4) is 5.75 Å². The van der Waals surface area contributed by atoms with E-state index in [0.29, 0.717) is 21.4 Å². The number of benzene rings is 1. The standard InChI is InChI=1S/C14H11Cl2NO4/c1-8-4-13(18)11(14(19)21-8)6-17-20-7-9-2-3-10(15)5-12(9)16/h2-6,18H,7H2,1H3. The Labute approximate surface area is 130 Å². The normalized spacial score (nSPS) is 11.0. The first kappa shape index (κ1) is 15.4. The summed E-state index contributed by atoms with van der Waals surface area (Å²) < 4.78 is 4.84. The number of nitrogens with zero attached hydrogens (tertiary/aromatic N) is 1. The molecule has 0 aliphatic carbocycles. The summed E-state index contributed by atoms with van der Waals surface area (Å²) in [5.41, 5.74) is -0.0782. The molecule has 0 saturated carbocycles. The quantitative estimate of drug-likeness (QED) is 0.689. The first-order valence-electron chi connectivity index (χ1n) is 5.90. The molecule has 0 saturated heterocycles. The van der Waals surface area contributed by atoms with E-state index in [1.54, 1.807) is 25.1 Å². The van der Waals surface area contributed by atoms with E-state index >= 15 is 0 Å². The average Bonchev–Trinajstić information content (AvgIpc) is 2.38. The Morgan fingerprint density at radius 3 is 2.81 bits per heavy atom. The molecule has 0 fully saturated rings. The topological polar surface area (TPSA) is 72.0 Å². The largest absolute Gasteiger partial charge is 0.507 e. The lowest BCUT2D eigenvalue weighted by Gasteiger charge is -2.03. The molecule has 1 aromatic carbocycles. The van der Waals surface area contributed by atoms with Gasteiger partial charge in [-0.05, 0) is 19.1 Å². The predicted octanol–water partition coefficient (Wildman–Crippen LogP) is 3.51. The maximum Gasteiger partial charge on any atom is 0.348 e. The third-order valence-electron chi connectivity index (χ3n) is 2.58. The van der Waals surface area contributed by atoms with Crippen molar-refractivity contribution in [2.75, 3.05) is 0 Å². The SMILES string of the molecule is Cc1cc(O)c(C=NOCc2ccc(Cl)cc2Cl)c(=O)o1. The van der Waals surface area contributed by atoms with Gasteiger partial charge in [0.25, 0.3) is 0 Å². The van der Waals surface area contributed by atoms with E-state index in [2.05, 4.69) is 5.16 Å². The highest BCUT2D eigenvalue weighted by molar-refractivity contribution is 6.35. The number of oxime groups is 1. The fraction of sp³-hybridized carbons (Fsp3) is 0.143. The van der Waals surface area contributed by atoms with Gasteiger partial charge in [0.15, 0.2) is 0 Å². The molecule has 0 amide bonds. The van der Waals surface area contributed by atoms with Gasteiger partial charge in [0.2, 0.25) is 0 Å². The average molecular weight is 328 g/mol. The highest BCUT2D eigenvalue weighted by atomic mass is 35.5. The van der Waals surface area contributed by atoms with Gasteiger partial charge >= 0.3 is 5.63 Å². The monoisotopic (exact) mass is 327 g/mol. The molecule has 110 valence electrons. The van der Waals surface area contributed by atoms with Crippen LogP contribution in [0.5, 0.6) is 5.75 Å². The van der Waals surface area contributed by atoms with Crippen LogP contribution in [0.4, 0.5) is 0 Å². The van der Waals surface area contributed by atoms with E-state index in [9.17, 15) is 9.90 Å². The van der Waals surface area contributed by atoms with Crippen molar-refractivity contribution in [1.82, 2.24) is 0 Å². The number of rotatable bonds is 4. The molecule has 0 atom stereocenters. The van der Waals surface area contributed by atoms with Crippen LogP contribution in [0.25, 0.3) is 0 Å². The van der Waals surface area contributed by atoms with Crippen LogP contribution in [0.15, 0.2) is 38.6 Å². The molecule has 2 rings (SSSR count). The summed E-state index contributed by atoms with van der Waals surface area (Å²) in [6.45, 7) is 1.66. The maximum absolute atomic E-state index is 11.5. The molecule has 0 unspecified atom stereocenters. The molecular weight excluding hydrogens is 317 g/mol. The summed E-state index contributed by atoms with van der Waals surface area (Å²) in [6.07, 6.45) is 1.09. The summed E-state index contributed by atoms with van der Waals surface area (Å²) in [4.78, 5) is 16.5. The first-order valence-corrected chi connectivity index (χ1v) is 6.66. The summed E-state index contributed by atoms with van der Waals surface area (Å²) in [5.74, 6) is 0.0872. The van der Waals surface area contributed by atoms with E-state index in [-0.39, 0.29) is 17.9 Å². The van der Waals surface area contributed by atoms with Crippen molar-refractivity contribution >= 4 is 29.4 Å². The molecular formula is C14H11Cl2NO4. The van der Waals surface area contributed by atoms with Gasteiger partial charge in [-0.25, -0.2) is 4.79 Å². The second kappa shape index (κ2) is 6.65. The molecule has 0 spiro atoms. The van der Waals surface area contributed by atoms with E-state index in [1.165, 1.54) is 6.07 Å². The van der Waals surface area contributed by atoms with Crippen molar-refractivity contribution < 1.29 is 14.4 Å². The zero-order valence-corrected chi connectivity index (χ0v) is 12.5. The van der Waals surface area contributed by atoms with Crippen LogP contribution in [0.3, 0.4) is 0 Å². The van der Waals surface area contributed by atoms with Crippen LogP contribution >= 0.6 is 23.2 Å². The molecule has 0 aliphatic rings. The zero-order chi connectivity index (χ0) is 15.4.